The maximum atomic E-state index is 5.54. The van der Waals surface area contributed by atoms with Crippen molar-refractivity contribution >= 4 is 0 Å². The largest absolute Gasteiger partial charge is 0.381 e. The molecule has 0 aromatic heterocycles. The van der Waals surface area contributed by atoms with Gasteiger partial charge in [0.05, 0.1) is 6.61 Å². The van der Waals surface area contributed by atoms with Crippen LogP contribution < -0.4 is 5.73 Å². The number of hydrogen-bond donors (Lipinski definition) is 1. The van der Waals surface area contributed by atoms with Crippen molar-refractivity contribution in [1.82, 2.24) is 0 Å². The molecule has 0 saturated carbocycles. The van der Waals surface area contributed by atoms with Gasteiger partial charge in [-0.1, -0.05) is 12.2 Å². The van der Waals surface area contributed by atoms with Crippen LogP contribution in [0.25, 0.3) is 0 Å². The molecule has 1 heterocycles. The average Bonchev–Trinajstić information content (AvgIpc) is 2.34. The van der Waals surface area contributed by atoms with Gasteiger partial charge < -0.3 is 10.5 Å². The Morgan fingerprint density at radius 2 is 2.50 bits per heavy atom. The molecule has 1 aliphatic rings. The summed E-state index contributed by atoms with van der Waals surface area (Å²) in [7, 11) is 0. The zero-order valence-electron chi connectivity index (χ0n) is 6.42. The van der Waals surface area contributed by atoms with Gasteiger partial charge >= 0.3 is 0 Å². The van der Waals surface area contributed by atoms with Crippen molar-refractivity contribution < 1.29 is 4.74 Å². The number of rotatable bonds is 2. The molecule has 2 heteroatoms. The van der Waals surface area contributed by atoms with Crippen molar-refractivity contribution in [3.63, 3.8) is 0 Å². The molecule has 0 aromatic rings. The Labute approximate surface area is 62.1 Å². The van der Waals surface area contributed by atoms with Crippen LogP contribution in [0.3, 0.4) is 0 Å². The number of nitrogens with two attached hydrogens (primary N) is 1. The second-order valence-corrected chi connectivity index (χ2v) is 2.87. The molecule has 10 heavy (non-hydrogen) atoms. The molecule has 2 N–H and O–H groups in total. The lowest BCUT2D eigenvalue weighted by Crippen LogP contribution is -2.11. The Morgan fingerprint density at radius 3 is 3.00 bits per heavy atom. The third-order valence-electron chi connectivity index (χ3n) is 1.65. The fourth-order valence-corrected chi connectivity index (χ4v) is 1.04. The normalized spacial score (nSPS) is 29.6. The molecule has 0 aliphatic carbocycles. The molecule has 0 amide bonds. The van der Waals surface area contributed by atoms with Crippen molar-refractivity contribution in [2.45, 2.75) is 19.4 Å². The fraction of sp³-hybridized carbons (Fsp3) is 0.750. The summed E-state index contributed by atoms with van der Waals surface area (Å²) in [6.07, 6.45) is 5.36. The first-order chi connectivity index (χ1) is 4.79. The molecule has 2 nitrogen and oxygen atoms in total. The second-order valence-electron chi connectivity index (χ2n) is 2.87. The van der Waals surface area contributed by atoms with Crippen LogP contribution in [0, 0.1) is 5.92 Å². The topological polar surface area (TPSA) is 35.2 Å². The van der Waals surface area contributed by atoms with Crippen molar-refractivity contribution in [2.24, 2.45) is 11.7 Å². The molecule has 1 aliphatic heterocycles. The van der Waals surface area contributed by atoms with Crippen LogP contribution in [0.5, 0.6) is 0 Å². The van der Waals surface area contributed by atoms with Gasteiger partial charge in [-0.2, -0.15) is 0 Å². The van der Waals surface area contributed by atoms with Crippen LogP contribution >= 0.6 is 0 Å². The Hall–Kier alpha value is -0.340. The van der Waals surface area contributed by atoms with E-state index in [0.29, 0.717) is 5.92 Å². The van der Waals surface area contributed by atoms with E-state index in [0.717, 1.165) is 19.6 Å². The van der Waals surface area contributed by atoms with E-state index in [-0.39, 0.29) is 6.04 Å². The maximum absolute atomic E-state index is 5.54. The van der Waals surface area contributed by atoms with E-state index in [9.17, 15) is 0 Å². The zero-order valence-corrected chi connectivity index (χ0v) is 6.42. The molecule has 1 saturated heterocycles. The fourth-order valence-electron chi connectivity index (χ4n) is 1.04. The van der Waals surface area contributed by atoms with Crippen molar-refractivity contribution in [2.75, 3.05) is 13.2 Å². The standard InChI is InChI=1S/C8H15NO/c1-7(9)2-3-8-4-5-10-6-8/h2-3,7-8H,4-6,9H2,1H3/b3-2+. The summed E-state index contributed by atoms with van der Waals surface area (Å²) in [6.45, 7) is 3.77. The molecule has 2 unspecified atom stereocenters. The van der Waals surface area contributed by atoms with Crippen LogP contribution in [0.15, 0.2) is 12.2 Å². The lowest BCUT2D eigenvalue weighted by Gasteiger charge is -1.99. The number of ether oxygens (including phenoxy) is 1. The quantitative estimate of drug-likeness (QED) is 0.580. The van der Waals surface area contributed by atoms with Crippen molar-refractivity contribution in [3.8, 4) is 0 Å². The SMILES string of the molecule is CC(N)/C=C/C1CCOC1. The molecule has 2 atom stereocenters. The zero-order chi connectivity index (χ0) is 7.40. The highest BCUT2D eigenvalue weighted by Gasteiger charge is 2.11. The van der Waals surface area contributed by atoms with Gasteiger partial charge in [0, 0.05) is 18.6 Å². The molecule has 0 radical (unpaired) electrons. The Kier molecular flexibility index (Phi) is 2.90. The lowest BCUT2D eigenvalue weighted by molar-refractivity contribution is 0.191. The molecular weight excluding hydrogens is 126 g/mol. The summed E-state index contributed by atoms with van der Waals surface area (Å²) < 4.78 is 5.20. The predicted molar refractivity (Wildman–Crippen MR) is 41.7 cm³/mol. The monoisotopic (exact) mass is 141 g/mol. The van der Waals surface area contributed by atoms with Crippen LogP contribution in [-0.2, 0) is 4.74 Å². The minimum absolute atomic E-state index is 0.181. The van der Waals surface area contributed by atoms with E-state index in [1.165, 1.54) is 0 Å². The smallest absolute Gasteiger partial charge is 0.0529 e. The van der Waals surface area contributed by atoms with E-state index in [4.69, 9.17) is 10.5 Å². The van der Waals surface area contributed by atoms with Crippen molar-refractivity contribution in [1.29, 1.82) is 0 Å². The summed E-state index contributed by atoms with van der Waals surface area (Å²) in [5.41, 5.74) is 5.54. The second kappa shape index (κ2) is 3.74. The van der Waals surface area contributed by atoms with Crippen LogP contribution in [-0.4, -0.2) is 19.3 Å². The van der Waals surface area contributed by atoms with E-state index < -0.39 is 0 Å². The third-order valence-corrected chi connectivity index (χ3v) is 1.65. The van der Waals surface area contributed by atoms with Gasteiger partial charge in [0.2, 0.25) is 0 Å². The lowest BCUT2D eigenvalue weighted by atomic mass is 10.1. The molecule has 0 spiro atoms. The Morgan fingerprint density at radius 1 is 1.70 bits per heavy atom. The Balaban J connectivity index is 2.23. The summed E-state index contributed by atoms with van der Waals surface area (Å²) in [5, 5.41) is 0. The van der Waals surface area contributed by atoms with Crippen LogP contribution in [0.2, 0.25) is 0 Å². The van der Waals surface area contributed by atoms with Gasteiger partial charge in [0.25, 0.3) is 0 Å². The summed E-state index contributed by atoms with van der Waals surface area (Å²) in [5.74, 6) is 0.617. The minimum Gasteiger partial charge on any atom is -0.381 e. The molecule has 58 valence electrons. The average molecular weight is 141 g/mol. The number of hydrogen-bond acceptors (Lipinski definition) is 2. The third kappa shape index (κ3) is 2.50. The first kappa shape index (κ1) is 7.76. The van der Waals surface area contributed by atoms with E-state index in [2.05, 4.69) is 6.08 Å². The first-order valence-corrected chi connectivity index (χ1v) is 3.80. The summed E-state index contributed by atoms with van der Waals surface area (Å²) in [4.78, 5) is 0. The molecule has 0 bridgehead atoms. The van der Waals surface area contributed by atoms with E-state index in [1.54, 1.807) is 0 Å². The predicted octanol–water partition coefficient (Wildman–Crippen LogP) is 0.926. The highest BCUT2D eigenvalue weighted by Crippen LogP contribution is 2.13. The van der Waals surface area contributed by atoms with Crippen LogP contribution in [0.4, 0.5) is 0 Å². The van der Waals surface area contributed by atoms with Gasteiger partial charge in [-0.15, -0.1) is 0 Å². The van der Waals surface area contributed by atoms with Crippen LogP contribution in [0.1, 0.15) is 13.3 Å². The van der Waals surface area contributed by atoms with Gasteiger partial charge in [-0.25, -0.2) is 0 Å². The van der Waals surface area contributed by atoms with Gasteiger partial charge in [0.1, 0.15) is 0 Å². The molecular formula is C8H15NO. The minimum atomic E-state index is 0.181. The van der Waals surface area contributed by atoms with Crippen molar-refractivity contribution in [3.05, 3.63) is 12.2 Å². The van der Waals surface area contributed by atoms with Gasteiger partial charge in [0.15, 0.2) is 0 Å². The molecule has 1 rings (SSSR count). The highest BCUT2D eigenvalue weighted by atomic mass is 16.5. The summed E-state index contributed by atoms with van der Waals surface area (Å²) >= 11 is 0. The van der Waals surface area contributed by atoms with E-state index >= 15 is 0 Å². The summed E-state index contributed by atoms with van der Waals surface area (Å²) in [6, 6.07) is 0.181. The molecule has 0 aromatic carbocycles. The van der Waals surface area contributed by atoms with E-state index in [1.807, 2.05) is 13.0 Å². The Bertz CT molecular complexity index is 114. The van der Waals surface area contributed by atoms with Gasteiger partial charge in [-0.3, -0.25) is 0 Å². The molecule has 1 fully saturated rings. The maximum Gasteiger partial charge on any atom is 0.0529 e. The highest BCUT2D eigenvalue weighted by molar-refractivity contribution is 4.94. The first-order valence-electron chi connectivity index (χ1n) is 3.80. The van der Waals surface area contributed by atoms with Gasteiger partial charge in [-0.05, 0) is 13.3 Å².